The van der Waals surface area contributed by atoms with Crippen LogP contribution in [0.25, 0.3) is 0 Å². The first-order valence-corrected chi connectivity index (χ1v) is 4.95. The molecule has 0 aliphatic carbocycles. The lowest BCUT2D eigenvalue weighted by Crippen LogP contribution is -2.19. The molecule has 0 bridgehead atoms. The van der Waals surface area contributed by atoms with Crippen molar-refractivity contribution in [2.45, 2.75) is 33.4 Å². The Kier molecular flexibility index (Phi) is 3.89. The van der Waals surface area contributed by atoms with Crippen LogP contribution in [0, 0.1) is 5.92 Å². The van der Waals surface area contributed by atoms with Crippen LogP contribution >= 0.6 is 0 Å². The summed E-state index contributed by atoms with van der Waals surface area (Å²) in [5.41, 5.74) is 6.49. The SMILES string of the molecule is CC(C)C(C)Oc1ccc(CN)cn1. The molecule has 0 aliphatic heterocycles. The van der Waals surface area contributed by atoms with Crippen LogP contribution in [0.3, 0.4) is 0 Å². The van der Waals surface area contributed by atoms with Gasteiger partial charge in [-0.3, -0.25) is 0 Å². The van der Waals surface area contributed by atoms with Crippen LogP contribution in [-0.4, -0.2) is 11.1 Å². The summed E-state index contributed by atoms with van der Waals surface area (Å²) < 4.78 is 5.62. The molecular formula is C11H18N2O. The number of aromatic nitrogens is 1. The van der Waals surface area contributed by atoms with E-state index in [2.05, 4.69) is 18.8 Å². The maximum atomic E-state index is 5.62. The number of nitrogens with zero attached hydrogens (tertiary/aromatic N) is 1. The predicted octanol–water partition coefficient (Wildman–Crippen LogP) is 1.96. The maximum absolute atomic E-state index is 5.62. The Morgan fingerprint density at radius 1 is 1.36 bits per heavy atom. The van der Waals surface area contributed by atoms with Crippen LogP contribution in [0.15, 0.2) is 18.3 Å². The van der Waals surface area contributed by atoms with Gasteiger partial charge in [0.25, 0.3) is 0 Å². The van der Waals surface area contributed by atoms with Gasteiger partial charge in [-0.25, -0.2) is 4.98 Å². The summed E-state index contributed by atoms with van der Waals surface area (Å²) in [6.07, 6.45) is 1.94. The lowest BCUT2D eigenvalue weighted by atomic mass is 10.1. The average molecular weight is 194 g/mol. The van der Waals surface area contributed by atoms with Gasteiger partial charge in [-0.05, 0) is 18.4 Å². The van der Waals surface area contributed by atoms with Crippen molar-refractivity contribution in [3.05, 3.63) is 23.9 Å². The fraction of sp³-hybridized carbons (Fsp3) is 0.545. The molecule has 78 valence electrons. The van der Waals surface area contributed by atoms with Crippen molar-refractivity contribution in [1.29, 1.82) is 0 Å². The minimum Gasteiger partial charge on any atom is -0.474 e. The molecule has 0 saturated heterocycles. The van der Waals surface area contributed by atoms with Gasteiger partial charge in [0.2, 0.25) is 5.88 Å². The highest BCUT2D eigenvalue weighted by Crippen LogP contribution is 2.13. The van der Waals surface area contributed by atoms with Crippen molar-refractivity contribution in [3.63, 3.8) is 0 Å². The fourth-order valence-corrected chi connectivity index (χ4v) is 0.928. The largest absolute Gasteiger partial charge is 0.474 e. The highest BCUT2D eigenvalue weighted by atomic mass is 16.5. The summed E-state index contributed by atoms with van der Waals surface area (Å²) in [4.78, 5) is 4.17. The number of hydrogen-bond acceptors (Lipinski definition) is 3. The minimum absolute atomic E-state index is 0.186. The minimum atomic E-state index is 0.186. The summed E-state index contributed by atoms with van der Waals surface area (Å²) >= 11 is 0. The molecule has 1 heterocycles. The second kappa shape index (κ2) is 4.96. The molecule has 0 saturated carbocycles. The second-order valence-corrected chi connectivity index (χ2v) is 3.78. The lowest BCUT2D eigenvalue weighted by Gasteiger charge is -2.17. The molecule has 3 nitrogen and oxygen atoms in total. The first kappa shape index (κ1) is 11.0. The van der Waals surface area contributed by atoms with Gasteiger partial charge in [-0.1, -0.05) is 19.9 Å². The molecule has 2 N–H and O–H groups in total. The molecule has 14 heavy (non-hydrogen) atoms. The van der Waals surface area contributed by atoms with Crippen LogP contribution in [0.1, 0.15) is 26.3 Å². The number of pyridine rings is 1. The molecule has 1 rings (SSSR count). The average Bonchev–Trinajstić information content (AvgIpc) is 2.19. The van der Waals surface area contributed by atoms with Gasteiger partial charge < -0.3 is 10.5 Å². The van der Waals surface area contributed by atoms with E-state index in [4.69, 9.17) is 10.5 Å². The third-order valence-corrected chi connectivity index (χ3v) is 2.28. The van der Waals surface area contributed by atoms with Crippen molar-refractivity contribution >= 4 is 0 Å². The van der Waals surface area contributed by atoms with E-state index in [0.717, 1.165) is 5.56 Å². The second-order valence-electron chi connectivity index (χ2n) is 3.78. The topological polar surface area (TPSA) is 48.1 Å². The predicted molar refractivity (Wildman–Crippen MR) is 57.1 cm³/mol. The molecule has 0 aliphatic rings. The summed E-state index contributed by atoms with van der Waals surface area (Å²) in [6.45, 7) is 6.81. The first-order chi connectivity index (χ1) is 6.63. The summed E-state index contributed by atoms with van der Waals surface area (Å²) in [5, 5.41) is 0. The molecule has 0 fully saturated rings. The summed E-state index contributed by atoms with van der Waals surface area (Å²) in [6, 6.07) is 3.80. The van der Waals surface area contributed by atoms with E-state index in [1.165, 1.54) is 0 Å². The Morgan fingerprint density at radius 3 is 2.50 bits per heavy atom. The number of hydrogen-bond donors (Lipinski definition) is 1. The highest BCUT2D eigenvalue weighted by Gasteiger charge is 2.08. The Morgan fingerprint density at radius 2 is 2.07 bits per heavy atom. The Labute approximate surface area is 85.3 Å². The smallest absolute Gasteiger partial charge is 0.213 e. The Balaban J connectivity index is 2.59. The van der Waals surface area contributed by atoms with Crippen LogP contribution in [0.5, 0.6) is 5.88 Å². The van der Waals surface area contributed by atoms with Crippen molar-refractivity contribution in [2.75, 3.05) is 0 Å². The highest BCUT2D eigenvalue weighted by molar-refractivity contribution is 5.17. The van der Waals surface area contributed by atoms with E-state index in [-0.39, 0.29) is 6.10 Å². The lowest BCUT2D eigenvalue weighted by molar-refractivity contribution is 0.163. The number of nitrogens with two attached hydrogens (primary N) is 1. The van der Waals surface area contributed by atoms with Crippen molar-refractivity contribution in [3.8, 4) is 5.88 Å². The van der Waals surface area contributed by atoms with Crippen LogP contribution < -0.4 is 10.5 Å². The third-order valence-electron chi connectivity index (χ3n) is 2.28. The molecule has 1 atom stereocenters. The van der Waals surface area contributed by atoms with E-state index in [1.54, 1.807) is 6.20 Å². The van der Waals surface area contributed by atoms with Crippen molar-refractivity contribution < 1.29 is 4.74 Å². The summed E-state index contributed by atoms with van der Waals surface area (Å²) in [7, 11) is 0. The van der Waals surface area contributed by atoms with Gasteiger partial charge in [-0.15, -0.1) is 0 Å². The number of ether oxygens (including phenoxy) is 1. The molecule has 3 heteroatoms. The molecule has 0 spiro atoms. The van der Waals surface area contributed by atoms with Crippen LogP contribution in [0.2, 0.25) is 0 Å². The Bertz CT molecular complexity index is 269. The molecular weight excluding hydrogens is 176 g/mol. The van der Waals surface area contributed by atoms with Crippen LogP contribution in [-0.2, 0) is 6.54 Å². The van der Waals surface area contributed by atoms with Gasteiger partial charge in [0, 0.05) is 18.8 Å². The van der Waals surface area contributed by atoms with Gasteiger partial charge in [-0.2, -0.15) is 0 Å². The maximum Gasteiger partial charge on any atom is 0.213 e. The quantitative estimate of drug-likeness (QED) is 0.797. The van der Waals surface area contributed by atoms with E-state index >= 15 is 0 Å². The fourth-order valence-electron chi connectivity index (χ4n) is 0.928. The zero-order chi connectivity index (χ0) is 10.6. The zero-order valence-electron chi connectivity index (χ0n) is 9.03. The van der Waals surface area contributed by atoms with E-state index in [1.807, 2.05) is 19.1 Å². The van der Waals surface area contributed by atoms with E-state index < -0.39 is 0 Å². The van der Waals surface area contributed by atoms with Crippen LogP contribution in [0.4, 0.5) is 0 Å². The third kappa shape index (κ3) is 3.00. The summed E-state index contributed by atoms with van der Waals surface area (Å²) in [5.74, 6) is 1.16. The molecule has 1 aromatic rings. The van der Waals surface area contributed by atoms with Crippen molar-refractivity contribution in [1.82, 2.24) is 4.98 Å². The molecule has 0 radical (unpaired) electrons. The zero-order valence-corrected chi connectivity index (χ0v) is 9.03. The number of rotatable bonds is 4. The van der Waals surface area contributed by atoms with Gasteiger partial charge >= 0.3 is 0 Å². The van der Waals surface area contributed by atoms with Gasteiger partial charge in [0.05, 0.1) is 6.10 Å². The molecule has 0 aromatic carbocycles. The van der Waals surface area contributed by atoms with Gasteiger partial charge in [0.15, 0.2) is 0 Å². The molecule has 1 unspecified atom stereocenters. The van der Waals surface area contributed by atoms with E-state index in [9.17, 15) is 0 Å². The monoisotopic (exact) mass is 194 g/mol. The standard InChI is InChI=1S/C11H18N2O/c1-8(2)9(3)14-11-5-4-10(6-12)7-13-11/h4-5,7-9H,6,12H2,1-3H3. The Hall–Kier alpha value is -1.09. The molecule has 1 aromatic heterocycles. The van der Waals surface area contributed by atoms with Crippen molar-refractivity contribution in [2.24, 2.45) is 11.7 Å². The molecule has 0 amide bonds. The first-order valence-electron chi connectivity index (χ1n) is 4.95. The van der Waals surface area contributed by atoms with Gasteiger partial charge in [0.1, 0.15) is 0 Å². The normalized spacial score (nSPS) is 12.9. The van der Waals surface area contributed by atoms with E-state index in [0.29, 0.717) is 18.3 Å².